The molecule has 0 N–H and O–H groups in total. The smallest absolute Gasteiger partial charge is 0.225 e. The van der Waals surface area contributed by atoms with E-state index in [1.807, 2.05) is 6.07 Å². The van der Waals surface area contributed by atoms with Gasteiger partial charge < -0.3 is 9.42 Å². The van der Waals surface area contributed by atoms with Crippen LogP contribution in [0.5, 0.6) is 0 Å². The molecule has 154 valence electrons. The van der Waals surface area contributed by atoms with E-state index in [1.165, 1.54) is 12.8 Å². The van der Waals surface area contributed by atoms with Crippen LogP contribution >= 0.6 is 0 Å². The number of amides is 1. The van der Waals surface area contributed by atoms with E-state index < -0.39 is 0 Å². The highest BCUT2D eigenvalue weighted by Gasteiger charge is 2.33. The Balaban J connectivity index is 1.23. The number of carbonyl (C=O) groups is 2. The van der Waals surface area contributed by atoms with E-state index in [4.69, 9.17) is 4.52 Å². The first-order valence-electron chi connectivity index (χ1n) is 11.3. The summed E-state index contributed by atoms with van der Waals surface area (Å²) in [7, 11) is 0. The summed E-state index contributed by atoms with van der Waals surface area (Å²) in [6.07, 6.45) is 9.34. The summed E-state index contributed by atoms with van der Waals surface area (Å²) in [6, 6.07) is 1.85. The van der Waals surface area contributed by atoms with Gasteiger partial charge >= 0.3 is 0 Å². The Morgan fingerprint density at radius 1 is 1.11 bits per heavy atom. The molecule has 0 radical (unpaired) electrons. The number of rotatable bonds is 6. The zero-order chi connectivity index (χ0) is 19.7. The highest BCUT2D eigenvalue weighted by molar-refractivity contribution is 5.94. The van der Waals surface area contributed by atoms with Crippen molar-refractivity contribution in [3.8, 4) is 0 Å². The van der Waals surface area contributed by atoms with Crippen molar-refractivity contribution in [1.82, 2.24) is 10.1 Å². The molecule has 28 heavy (non-hydrogen) atoms. The van der Waals surface area contributed by atoms with E-state index in [2.05, 4.69) is 23.9 Å². The molecule has 0 spiro atoms. The molecule has 1 saturated heterocycles. The molecule has 1 aliphatic heterocycles. The van der Waals surface area contributed by atoms with Gasteiger partial charge in [-0.1, -0.05) is 19.0 Å². The number of carbonyl (C=O) groups excluding carboxylic acids is 2. The second kappa shape index (κ2) is 8.38. The molecule has 4 rings (SSSR count). The Bertz CT molecular complexity index is 692. The first-order valence-corrected chi connectivity index (χ1v) is 11.3. The molecule has 5 nitrogen and oxygen atoms in total. The van der Waals surface area contributed by atoms with Gasteiger partial charge in [-0.25, -0.2) is 0 Å². The van der Waals surface area contributed by atoms with Gasteiger partial charge in [0.05, 0.1) is 0 Å². The highest BCUT2D eigenvalue weighted by Crippen LogP contribution is 2.40. The number of ketones is 1. The van der Waals surface area contributed by atoms with Crippen molar-refractivity contribution in [2.24, 2.45) is 23.7 Å². The van der Waals surface area contributed by atoms with E-state index in [0.29, 0.717) is 35.8 Å². The molecular weight excluding hydrogens is 352 g/mol. The SMILES string of the molecule is CC1CCC(C(=O)N2CCC([C@H](C)CC(=O)c3cc(C4CC4)on3)CC2)CC1. The van der Waals surface area contributed by atoms with E-state index >= 15 is 0 Å². The Morgan fingerprint density at radius 2 is 1.79 bits per heavy atom. The molecule has 1 amide bonds. The van der Waals surface area contributed by atoms with Crippen molar-refractivity contribution >= 4 is 11.7 Å². The molecule has 0 unspecified atom stereocenters. The number of likely N-dealkylation sites (tertiary alicyclic amines) is 1. The largest absolute Gasteiger partial charge is 0.360 e. The maximum atomic E-state index is 12.8. The maximum absolute atomic E-state index is 12.8. The number of Topliss-reactive ketones (excluding diaryl/α,β-unsaturated/α-hetero) is 1. The van der Waals surface area contributed by atoms with Crippen LogP contribution in [0.2, 0.25) is 0 Å². The number of aromatic nitrogens is 1. The van der Waals surface area contributed by atoms with Crippen LogP contribution in [-0.4, -0.2) is 34.8 Å². The van der Waals surface area contributed by atoms with Crippen LogP contribution in [0.1, 0.15) is 93.8 Å². The van der Waals surface area contributed by atoms with Gasteiger partial charge in [0, 0.05) is 37.4 Å². The predicted octanol–water partition coefficient (Wildman–Crippen LogP) is 4.83. The summed E-state index contributed by atoms with van der Waals surface area (Å²) in [5.41, 5.74) is 0.493. The predicted molar refractivity (Wildman–Crippen MR) is 107 cm³/mol. The van der Waals surface area contributed by atoms with E-state index in [9.17, 15) is 9.59 Å². The minimum Gasteiger partial charge on any atom is -0.360 e. The minimum absolute atomic E-state index is 0.0954. The topological polar surface area (TPSA) is 63.4 Å². The molecule has 3 fully saturated rings. The number of hydrogen-bond acceptors (Lipinski definition) is 4. The van der Waals surface area contributed by atoms with Gasteiger partial charge in [-0.2, -0.15) is 0 Å². The van der Waals surface area contributed by atoms with Crippen molar-refractivity contribution in [3.63, 3.8) is 0 Å². The van der Waals surface area contributed by atoms with Gasteiger partial charge in [0.1, 0.15) is 11.5 Å². The van der Waals surface area contributed by atoms with Crippen LogP contribution in [0, 0.1) is 23.7 Å². The Kier molecular flexibility index (Phi) is 5.88. The van der Waals surface area contributed by atoms with Crippen LogP contribution in [-0.2, 0) is 4.79 Å². The zero-order valence-corrected chi connectivity index (χ0v) is 17.4. The molecule has 0 bridgehead atoms. The quantitative estimate of drug-likeness (QED) is 0.657. The first kappa shape index (κ1) is 19.7. The lowest BCUT2D eigenvalue weighted by atomic mass is 9.80. The van der Waals surface area contributed by atoms with Crippen LogP contribution in [0.4, 0.5) is 0 Å². The lowest BCUT2D eigenvalue weighted by Gasteiger charge is -2.37. The zero-order valence-electron chi connectivity index (χ0n) is 17.4. The molecule has 2 saturated carbocycles. The average Bonchev–Trinajstić information content (AvgIpc) is 3.44. The van der Waals surface area contributed by atoms with Crippen molar-refractivity contribution < 1.29 is 14.1 Å². The maximum Gasteiger partial charge on any atom is 0.225 e. The molecule has 3 aliphatic rings. The first-order chi connectivity index (χ1) is 13.5. The minimum atomic E-state index is 0.0954. The molecular formula is C23H34N2O3. The van der Waals surface area contributed by atoms with Crippen LogP contribution < -0.4 is 0 Å². The molecule has 1 aromatic heterocycles. The second-order valence-corrected chi connectivity index (χ2v) is 9.61. The molecule has 2 heterocycles. The van der Waals surface area contributed by atoms with Crippen LogP contribution in [0.15, 0.2) is 10.6 Å². The fourth-order valence-electron chi connectivity index (χ4n) is 5.00. The number of hydrogen-bond donors (Lipinski definition) is 0. The third kappa shape index (κ3) is 4.49. The summed E-state index contributed by atoms with van der Waals surface area (Å²) in [5.74, 6) is 3.69. The summed E-state index contributed by atoms with van der Waals surface area (Å²) >= 11 is 0. The van der Waals surface area contributed by atoms with Crippen molar-refractivity contribution in [2.75, 3.05) is 13.1 Å². The number of piperidine rings is 1. The fourth-order valence-corrected chi connectivity index (χ4v) is 5.00. The monoisotopic (exact) mass is 386 g/mol. The molecule has 5 heteroatoms. The van der Waals surface area contributed by atoms with Gasteiger partial charge in [-0.05, 0) is 69.1 Å². The summed E-state index contributed by atoms with van der Waals surface area (Å²) in [6.45, 7) is 6.17. The van der Waals surface area contributed by atoms with Crippen LogP contribution in [0.3, 0.4) is 0 Å². The third-order valence-corrected chi connectivity index (χ3v) is 7.32. The molecule has 1 atom stereocenters. The Morgan fingerprint density at radius 3 is 2.43 bits per heavy atom. The Hall–Kier alpha value is -1.65. The third-order valence-electron chi connectivity index (χ3n) is 7.32. The molecule has 0 aromatic carbocycles. The average molecular weight is 387 g/mol. The summed E-state index contributed by atoms with van der Waals surface area (Å²) < 4.78 is 5.33. The normalized spacial score (nSPS) is 27.6. The van der Waals surface area contributed by atoms with Crippen molar-refractivity contribution in [1.29, 1.82) is 0 Å². The van der Waals surface area contributed by atoms with Gasteiger partial charge in [0.15, 0.2) is 5.78 Å². The van der Waals surface area contributed by atoms with Gasteiger partial charge in [-0.3, -0.25) is 9.59 Å². The molecule has 1 aromatic rings. The van der Waals surface area contributed by atoms with Crippen molar-refractivity contribution in [2.45, 2.75) is 77.6 Å². The lowest BCUT2D eigenvalue weighted by molar-refractivity contribution is -0.138. The van der Waals surface area contributed by atoms with Gasteiger partial charge in [-0.15, -0.1) is 0 Å². The van der Waals surface area contributed by atoms with Crippen molar-refractivity contribution in [3.05, 3.63) is 17.5 Å². The standard InChI is InChI=1S/C23H34N2O3/c1-15-3-5-19(6-4-15)23(27)25-11-9-17(10-12-25)16(2)13-21(26)20-14-22(28-24-20)18-7-8-18/h14-19H,3-13H2,1-2H3/t15?,16-,19?/m1/s1. The van der Waals surface area contributed by atoms with E-state index in [-0.39, 0.29) is 11.7 Å². The van der Waals surface area contributed by atoms with Crippen LogP contribution in [0.25, 0.3) is 0 Å². The lowest BCUT2D eigenvalue weighted by Crippen LogP contribution is -2.43. The number of nitrogens with zero attached hydrogens (tertiary/aromatic N) is 2. The summed E-state index contributed by atoms with van der Waals surface area (Å²) in [4.78, 5) is 27.5. The van der Waals surface area contributed by atoms with E-state index in [1.54, 1.807) is 0 Å². The second-order valence-electron chi connectivity index (χ2n) is 9.61. The fraction of sp³-hybridized carbons (Fsp3) is 0.783. The van der Waals surface area contributed by atoms with Gasteiger partial charge in [0.2, 0.25) is 5.91 Å². The van der Waals surface area contributed by atoms with E-state index in [0.717, 1.165) is 63.3 Å². The highest BCUT2D eigenvalue weighted by atomic mass is 16.5. The summed E-state index contributed by atoms with van der Waals surface area (Å²) in [5, 5.41) is 3.99. The van der Waals surface area contributed by atoms with Gasteiger partial charge in [0.25, 0.3) is 0 Å². The molecule has 2 aliphatic carbocycles. The Labute approximate surface area is 168 Å².